The van der Waals surface area contributed by atoms with E-state index in [4.69, 9.17) is 11.5 Å². The van der Waals surface area contributed by atoms with Crippen LogP contribution < -0.4 is 22.1 Å². The number of anilines is 3. The molecule has 152 valence electrons. The molecule has 7 N–H and O–H groups in total. The average Bonchev–Trinajstić information content (AvgIpc) is 3.11. The quantitative estimate of drug-likeness (QED) is 0.337. The number of rotatable bonds is 9. The number of pyridine rings is 1. The second-order valence-electron chi connectivity index (χ2n) is 6.59. The summed E-state index contributed by atoms with van der Waals surface area (Å²) in [4.78, 5) is 20.1. The minimum atomic E-state index is -0.631. The Labute approximate surface area is 173 Å². The number of hydrogen-bond donors (Lipinski definition) is 5. The molecule has 0 aliphatic carbocycles. The van der Waals surface area contributed by atoms with Gasteiger partial charge < -0.3 is 27.2 Å². The van der Waals surface area contributed by atoms with Crippen LogP contribution in [0.2, 0.25) is 0 Å². The lowest BCUT2D eigenvalue weighted by atomic mass is 10.1. The largest absolute Gasteiger partial charge is 0.387 e. The number of carbonyl (C=O) groups is 1. The van der Waals surface area contributed by atoms with E-state index < -0.39 is 6.10 Å². The molecule has 9 heteroatoms. The zero-order valence-corrected chi connectivity index (χ0v) is 16.7. The first-order valence-electron chi connectivity index (χ1n) is 9.18. The molecule has 1 unspecified atom stereocenters. The zero-order chi connectivity index (χ0) is 20.6. The Morgan fingerprint density at radius 1 is 1.17 bits per heavy atom. The Morgan fingerprint density at radius 3 is 2.62 bits per heavy atom. The van der Waals surface area contributed by atoms with Crippen LogP contribution in [0.1, 0.15) is 22.9 Å². The maximum Gasteiger partial charge on any atom is 0.230 e. The Morgan fingerprint density at radius 2 is 1.97 bits per heavy atom. The Bertz CT molecular complexity index is 927. The number of amides is 1. The molecule has 2 aromatic heterocycles. The third-order valence-corrected chi connectivity index (χ3v) is 4.99. The topological polar surface area (TPSA) is 139 Å². The molecule has 0 bridgehead atoms. The number of aromatic nitrogens is 2. The second kappa shape index (κ2) is 9.97. The highest BCUT2D eigenvalue weighted by molar-refractivity contribution is 7.13. The van der Waals surface area contributed by atoms with E-state index in [1.54, 1.807) is 23.7 Å². The van der Waals surface area contributed by atoms with Gasteiger partial charge in [0.2, 0.25) is 5.91 Å². The van der Waals surface area contributed by atoms with Gasteiger partial charge in [-0.15, -0.1) is 11.3 Å². The predicted octanol–water partition coefficient (Wildman–Crippen LogP) is 1.75. The van der Waals surface area contributed by atoms with Gasteiger partial charge in [-0.25, -0.2) is 9.97 Å². The molecule has 3 aromatic rings. The maximum absolute atomic E-state index is 12.1. The normalized spacial score (nSPS) is 11.9. The summed E-state index contributed by atoms with van der Waals surface area (Å²) in [6.07, 6.45) is 1.95. The SMILES string of the molecule is Nc1ccc(C(O)CNCCc2ccc(NC(=O)Cc3csc(N)n3)cc2)cn1. The van der Waals surface area contributed by atoms with Crippen molar-refractivity contribution in [2.24, 2.45) is 0 Å². The highest BCUT2D eigenvalue weighted by atomic mass is 32.1. The van der Waals surface area contributed by atoms with Crippen LogP contribution in [0, 0.1) is 0 Å². The van der Waals surface area contributed by atoms with E-state index in [9.17, 15) is 9.90 Å². The predicted molar refractivity (Wildman–Crippen MR) is 115 cm³/mol. The van der Waals surface area contributed by atoms with E-state index in [1.807, 2.05) is 24.3 Å². The highest BCUT2D eigenvalue weighted by Gasteiger charge is 2.08. The molecule has 0 radical (unpaired) electrons. The van der Waals surface area contributed by atoms with Crippen LogP contribution in [-0.2, 0) is 17.6 Å². The van der Waals surface area contributed by atoms with Crippen molar-refractivity contribution in [3.63, 3.8) is 0 Å². The molecule has 8 nitrogen and oxygen atoms in total. The summed E-state index contributed by atoms with van der Waals surface area (Å²) in [6.45, 7) is 1.15. The number of aliphatic hydroxyl groups is 1. The number of carbonyl (C=O) groups excluding carboxylic acids is 1. The zero-order valence-electron chi connectivity index (χ0n) is 15.8. The first-order valence-corrected chi connectivity index (χ1v) is 10.1. The Balaban J connectivity index is 1.38. The molecule has 0 aliphatic rings. The van der Waals surface area contributed by atoms with Crippen LogP contribution >= 0.6 is 11.3 Å². The molecule has 0 spiro atoms. The lowest BCUT2D eigenvalue weighted by Crippen LogP contribution is -2.23. The number of thiazole rings is 1. The van der Waals surface area contributed by atoms with Gasteiger partial charge in [-0.3, -0.25) is 4.79 Å². The summed E-state index contributed by atoms with van der Waals surface area (Å²) >= 11 is 1.32. The van der Waals surface area contributed by atoms with Crippen molar-refractivity contribution in [2.75, 3.05) is 29.9 Å². The average molecular weight is 413 g/mol. The highest BCUT2D eigenvalue weighted by Crippen LogP contribution is 2.14. The van der Waals surface area contributed by atoms with Crippen LogP contribution in [-0.4, -0.2) is 34.1 Å². The van der Waals surface area contributed by atoms with Gasteiger partial charge in [0.25, 0.3) is 0 Å². The number of nitrogen functional groups attached to an aromatic ring is 2. The van der Waals surface area contributed by atoms with Crippen LogP contribution in [0.3, 0.4) is 0 Å². The van der Waals surface area contributed by atoms with Crippen LogP contribution in [0.5, 0.6) is 0 Å². The van der Waals surface area contributed by atoms with Crippen molar-refractivity contribution < 1.29 is 9.90 Å². The van der Waals surface area contributed by atoms with Crippen LogP contribution in [0.15, 0.2) is 48.0 Å². The first-order chi connectivity index (χ1) is 14.0. The summed E-state index contributed by atoms with van der Waals surface area (Å²) < 4.78 is 0. The number of nitrogens with two attached hydrogens (primary N) is 2. The lowest BCUT2D eigenvalue weighted by Gasteiger charge is -2.12. The summed E-state index contributed by atoms with van der Waals surface area (Å²) in [5, 5.41) is 18.5. The van der Waals surface area contributed by atoms with Gasteiger partial charge in [-0.05, 0) is 36.7 Å². The van der Waals surface area contributed by atoms with E-state index in [0.717, 1.165) is 29.8 Å². The van der Waals surface area contributed by atoms with Crippen molar-refractivity contribution in [3.05, 3.63) is 64.8 Å². The summed E-state index contributed by atoms with van der Waals surface area (Å²) in [6, 6.07) is 11.1. The van der Waals surface area contributed by atoms with Gasteiger partial charge in [-0.2, -0.15) is 0 Å². The molecule has 1 amide bonds. The van der Waals surface area contributed by atoms with Crippen molar-refractivity contribution in [3.8, 4) is 0 Å². The molecule has 0 saturated carbocycles. The van der Waals surface area contributed by atoms with Gasteiger partial charge in [0.1, 0.15) is 5.82 Å². The summed E-state index contributed by atoms with van der Waals surface area (Å²) in [5.74, 6) is 0.303. The maximum atomic E-state index is 12.1. The van der Waals surface area contributed by atoms with E-state index in [2.05, 4.69) is 20.6 Å². The molecule has 2 heterocycles. The van der Waals surface area contributed by atoms with Crippen molar-refractivity contribution in [2.45, 2.75) is 18.9 Å². The Kier molecular flexibility index (Phi) is 7.12. The van der Waals surface area contributed by atoms with Gasteiger partial charge in [0, 0.05) is 29.4 Å². The van der Waals surface area contributed by atoms with Crippen LogP contribution in [0.25, 0.3) is 0 Å². The van der Waals surface area contributed by atoms with Gasteiger partial charge >= 0.3 is 0 Å². The van der Waals surface area contributed by atoms with Gasteiger partial charge in [0.05, 0.1) is 18.2 Å². The minimum Gasteiger partial charge on any atom is -0.387 e. The molecule has 0 fully saturated rings. The minimum absolute atomic E-state index is 0.129. The number of nitrogens with one attached hydrogen (secondary N) is 2. The fraction of sp³-hybridized carbons (Fsp3) is 0.250. The third-order valence-electron chi connectivity index (χ3n) is 4.27. The standard InChI is InChI=1S/C20H24N6O2S/c21-18-6-3-14(10-24-18)17(27)11-23-8-7-13-1-4-15(5-2-13)25-19(28)9-16-12-29-20(22)26-16/h1-6,10,12,17,23,27H,7-9,11H2,(H2,21,24)(H2,22,26)(H,25,28). The monoisotopic (exact) mass is 412 g/mol. The smallest absolute Gasteiger partial charge is 0.230 e. The fourth-order valence-corrected chi connectivity index (χ4v) is 3.29. The molecular formula is C20H24N6O2S. The fourth-order valence-electron chi connectivity index (χ4n) is 2.73. The lowest BCUT2D eigenvalue weighted by molar-refractivity contribution is -0.115. The first kappa shape index (κ1) is 20.7. The number of hydrogen-bond acceptors (Lipinski definition) is 8. The van der Waals surface area contributed by atoms with E-state index >= 15 is 0 Å². The molecule has 0 aliphatic heterocycles. The summed E-state index contributed by atoms with van der Waals surface area (Å²) in [7, 11) is 0. The van der Waals surface area contributed by atoms with Crippen molar-refractivity contribution >= 4 is 33.9 Å². The number of aliphatic hydroxyl groups excluding tert-OH is 1. The van der Waals surface area contributed by atoms with E-state index in [-0.39, 0.29) is 12.3 Å². The van der Waals surface area contributed by atoms with Crippen molar-refractivity contribution in [1.29, 1.82) is 0 Å². The van der Waals surface area contributed by atoms with E-state index in [1.165, 1.54) is 11.3 Å². The van der Waals surface area contributed by atoms with Gasteiger partial charge in [-0.1, -0.05) is 18.2 Å². The van der Waals surface area contributed by atoms with E-state index in [0.29, 0.717) is 23.2 Å². The van der Waals surface area contributed by atoms with Crippen molar-refractivity contribution in [1.82, 2.24) is 15.3 Å². The molecular weight excluding hydrogens is 388 g/mol. The molecule has 1 atom stereocenters. The molecule has 3 rings (SSSR count). The second-order valence-corrected chi connectivity index (χ2v) is 7.47. The number of benzene rings is 1. The molecule has 1 aromatic carbocycles. The van der Waals surface area contributed by atoms with Gasteiger partial charge in [0.15, 0.2) is 5.13 Å². The third kappa shape index (κ3) is 6.53. The number of nitrogens with zero attached hydrogens (tertiary/aromatic N) is 2. The summed E-state index contributed by atoms with van der Waals surface area (Å²) in [5.41, 5.74) is 14.4. The van der Waals surface area contributed by atoms with Crippen LogP contribution in [0.4, 0.5) is 16.6 Å². The Hall–Kier alpha value is -3.01. The molecule has 29 heavy (non-hydrogen) atoms. The molecule has 0 saturated heterocycles.